The number of ether oxygens (including phenoxy) is 1. The van der Waals surface area contributed by atoms with Crippen LogP contribution in [0.3, 0.4) is 0 Å². The first-order valence-electron chi connectivity index (χ1n) is 7.56. The molecule has 1 aromatic heterocycles. The molecule has 122 valence electrons. The Morgan fingerprint density at radius 1 is 1.21 bits per heavy atom. The van der Waals surface area contributed by atoms with Crippen molar-refractivity contribution in [1.82, 2.24) is 5.43 Å². The number of rotatable bonds is 4. The number of hydrogen-bond donors (Lipinski definition) is 1. The van der Waals surface area contributed by atoms with Crippen LogP contribution in [0.25, 0.3) is 10.8 Å². The Bertz CT molecular complexity index is 926. The highest BCUT2D eigenvalue weighted by atomic mass is 16.5. The van der Waals surface area contributed by atoms with E-state index in [9.17, 15) is 4.79 Å². The van der Waals surface area contributed by atoms with Crippen LogP contribution in [0.4, 0.5) is 0 Å². The first-order valence-corrected chi connectivity index (χ1v) is 7.56. The molecule has 3 aromatic rings. The van der Waals surface area contributed by atoms with Gasteiger partial charge in [-0.3, -0.25) is 4.79 Å². The molecule has 0 aliphatic rings. The molecule has 1 heterocycles. The maximum atomic E-state index is 12.2. The summed E-state index contributed by atoms with van der Waals surface area (Å²) in [5.41, 5.74) is 3.83. The van der Waals surface area contributed by atoms with E-state index in [1.165, 1.54) is 0 Å². The largest absolute Gasteiger partial charge is 0.496 e. The van der Waals surface area contributed by atoms with E-state index in [0.717, 1.165) is 16.3 Å². The van der Waals surface area contributed by atoms with Crippen LogP contribution in [0.1, 0.15) is 27.4 Å². The van der Waals surface area contributed by atoms with Gasteiger partial charge in [0.05, 0.1) is 18.9 Å². The minimum Gasteiger partial charge on any atom is -0.496 e. The van der Waals surface area contributed by atoms with Gasteiger partial charge in [-0.05, 0) is 36.8 Å². The van der Waals surface area contributed by atoms with Crippen molar-refractivity contribution in [2.45, 2.75) is 13.8 Å². The number of fused-ring (bicyclic) bond motifs is 1. The van der Waals surface area contributed by atoms with Crippen LogP contribution in [-0.4, -0.2) is 19.2 Å². The van der Waals surface area contributed by atoms with Crippen molar-refractivity contribution in [2.75, 3.05) is 7.11 Å². The van der Waals surface area contributed by atoms with Crippen molar-refractivity contribution < 1.29 is 13.9 Å². The van der Waals surface area contributed by atoms with Gasteiger partial charge in [0, 0.05) is 5.56 Å². The van der Waals surface area contributed by atoms with Gasteiger partial charge in [0.15, 0.2) is 0 Å². The fourth-order valence-electron chi connectivity index (χ4n) is 2.66. The summed E-state index contributed by atoms with van der Waals surface area (Å²) >= 11 is 0. The topological polar surface area (TPSA) is 63.8 Å². The number of amides is 1. The Morgan fingerprint density at radius 2 is 2.00 bits per heavy atom. The van der Waals surface area contributed by atoms with Gasteiger partial charge in [0.2, 0.25) is 0 Å². The normalized spacial score (nSPS) is 11.1. The number of nitrogens with zero attached hydrogens (tertiary/aromatic N) is 1. The number of carbonyl (C=O) groups is 1. The molecule has 5 nitrogen and oxygen atoms in total. The lowest BCUT2D eigenvalue weighted by Gasteiger charge is -2.08. The van der Waals surface area contributed by atoms with Gasteiger partial charge in [-0.15, -0.1) is 0 Å². The first kappa shape index (κ1) is 15.8. The SMILES string of the molecule is COc1ccc2ccccc2c1/C=N/NC(=O)c1cc(C)oc1C. The minimum absolute atomic E-state index is 0.306. The lowest BCUT2D eigenvalue weighted by Crippen LogP contribution is -2.17. The average molecular weight is 322 g/mol. The lowest BCUT2D eigenvalue weighted by atomic mass is 10.0. The van der Waals surface area contributed by atoms with Crippen molar-refractivity contribution in [3.05, 3.63) is 65.1 Å². The van der Waals surface area contributed by atoms with Crippen molar-refractivity contribution >= 4 is 22.9 Å². The molecule has 0 atom stereocenters. The number of benzene rings is 2. The van der Waals surface area contributed by atoms with Crippen molar-refractivity contribution in [3.8, 4) is 5.75 Å². The lowest BCUT2D eigenvalue weighted by molar-refractivity contribution is 0.0953. The summed E-state index contributed by atoms with van der Waals surface area (Å²) in [4.78, 5) is 12.2. The molecule has 1 amide bonds. The molecular formula is C19H18N2O3. The summed E-state index contributed by atoms with van der Waals surface area (Å²) in [6.45, 7) is 3.55. The number of furan rings is 1. The summed E-state index contributed by atoms with van der Waals surface area (Å²) in [5.74, 6) is 1.65. The summed E-state index contributed by atoms with van der Waals surface area (Å²) < 4.78 is 10.8. The summed E-state index contributed by atoms with van der Waals surface area (Å²) in [5, 5.41) is 6.16. The zero-order valence-electron chi connectivity index (χ0n) is 13.8. The van der Waals surface area contributed by atoms with E-state index in [-0.39, 0.29) is 5.91 Å². The Labute approximate surface area is 139 Å². The number of aryl methyl sites for hydroxylation is 2. The second-order valence-corrected chi connectivity index (χ2v) is 5.43. The van der Waals surface area contributed by atoms with Crippen molar-refractivity contribution in [3.63, 3.8) is 0 Å². The zero-order chi connectivity index (χ0) is 17.1. The molecule has 24 heavy (non-hydrogen) atoms. The Balaban J connectivity index is 1.88. The van der Waals surface area contributed by atoms with Gasteiger partial charge in [0.1, 0.15) is 17.3 Å². The third kappa shape index (κ3) is 3.01. The molecule has 0 fully saturated rings. The van der Waals surface area contributed by atoms with Gasteiger partial charge < -0.3 is 9.15 Å². The van der Waals surface area contributed by atoms with Crippen molar-refractivity contribution in [1.29, 1.82) is 0 Å². The monoisotopic (exact) mass is 322 g/mol. The standard InChI is InChI=1S/C19H18N2O3/c1-12-10-16(13(2)24-12)19(22)21-20-11-17-15-7-5-4-6-14(15)8-9-18(17)23-3/h4-11H,1-3H3,(H,21,22)/b20-11+. The summed E-state index contributed by atoms with van der Waals surface area (Å²) in [6.07, 6.45) is 1.60. The van der Waals surface area contributed by atoms with E-state index < -0.39 is 0 Å². The van der Waals surface area contributed by atoms with E-state index >= 15 is 0 Å². The summed E-state index contributed by atoms with van der Waals surface area (Å²) in [7, 11) is 1.61. The fourth-order valence-corrected chi connectivity index (χ4v) is 2.66. The highest BCUT2D eigenvalue weighted by Crippen LogP contribution is 2.26. The zero-order valence-corrected chi connectivity index (χ0v) is 13.8. The quantitative estimate of drug-likeness (QED) is 0.586. The Hall–Kier alpha value is -3.08. The van der Waals surface area contributed by atoms with Gasteiger partial charge >= 0.3 is 0 Å². The molecule has 0 aliphatic heterocycles. The number of hydrogen-bond acceptors (Lipinski definition) is 4. The Morgan fingerprint density at radius 3 is 2.71 bits per heavy atom. The molecule has 0 radical (unpaired) electrons. The molecule has 1 N–H and O–H groups in total. The van der Waals surface area contributed by atoms with Crippen LogP contribution in [0.5, 0.6) is 5.75 Å². The highest BCUT2D eigenvalue weighted by molar-refractivity contribution is 6.03. The maximum absolute atomic E-state index is 12.2. The van der Waals surface area contributed by atoms with E-state index in [4.69, 9.17) is 9.15 Å². The highest BCUT2D eigenvalue weighted by Gasteiger charge is 2.12. The van der Waals surface area contributed by atoms with Crippen LogP contribution in [0.15, 0.2) is 52.0 Å². The van der Waals surface area contributed by atoms with E-state index in [0.29, 0.717) is 22.8 Å². The van der Waals surface area contributed by atoms with Gasteiger partial charge in [-0.1, -0.05) is 30.3 Å². The molecule has 0 unspecified atom stereocenters. The molecule has 5 heteroatoms. The molecule has 0 saturated heterocycles. The van der Waals surface area contributed by atoms with Crippen LogP contribution in [-0.2, 0) is 0 Å². The maximum Gasteiger partial charge on any atom is 0.274 e. The van der Waals surface area contributed by atoms with Crippen molar-refractivity contribution in [2.24, 2.45) is 5.10 Å². The van der Waals surface area contributed by atoms with E-state index in [1.54, 1.807) is 33.2 Å². The summed E-state index contributed by atoms with van der Waals surface area (Å²) in [6, 6.07) is 13.5. The second-order valence-electron chi connectivity index (χ2n) is 5.43. The van der Waals surface area contributed by atoms with Gasteiger partial charge in [-0.25, -0.2) is 5.43 Å². The third-order valence-electron chi connectivity index (χ3n) is 3.80. The molecule has 0 bridgehead atoms. The van der Waals surface area contributed by atoms with E-state index in [2.05, 4.69) is 10.5 Å². The van der Waals surface area contributed by atoms with Crippen LogP contribution >= 0.6 is 0 Å². The minimum atomic E-state index is -0.306. The molecule has 2 aromatic carbocycles. The van der Waals surface area contributed by atoms with Gasteiger partial charge in [0.25, 0.3) is 5.91 Å². The van der Waals surface area contributed by atoms with E-state index in [1.807, 2.05) is 36.4 Å². The third-order valence-corrected chi connectivity index (χ3v) is 3.80. The Kier molecular flexibility index (Phi) is 4.33. The smallest absolute Gasteiger partial charge is 0.274 e. The van der Waals surface area contributed by atoms with Crippen LogP contribution < -0.4 is 10.2 Å². The van der Waals surface area contributed by atoms with Gasteiger partial charge in [-0.2, -0.15) is 5.10 Å². The number of nitrogens with one attached hydrogen (secondary N) is 1. The predicted molar refractivity (Wildman–Crippen MR) is 93.7 cm³/mol. The number of hydrazone groups is 1. The van der Waals surface area contributed by atoms with Crippen LogP contribution in [0, 0.1) is 13.8 Å². The van der Waals surface area contributed by atoms with Crippen LogP contribution in [0.2, 0.25) is 0 Å². The number of methoxy groups -OCH3 is 1. The molecule has 0 spiro atoms. The first-order chi connectivity index (χ1) is 11.6. The molecule has 3 rings (SSSR count). The molecule has 0 aliphatic carbocycles. The number of carbonyl (C=O) groups excluding carboxylic acids is 1. The average Bonchev–Trinajstić information content (AvgIpc) is 2.93. The second kappa shape index (κ2) is 6.58. The predicted octanol–water partition coefficient (Wildman–Crippen LogP) is 3.82. The fraction of sp³-hybridized carbons (Fsp3) is 0.158. The molecular weight excluding hydrogens is 304 g/mol. The molecule has 0 saturated carbocycles.